The number of halogens is 2. The van der Waals surface area contributed by atoms with E-state index >= 15 is 0 Å². The van der Waals surface area contributed by atoms with Crippen molar-refractivity contribution >= 4 is 46.0 Å². The van der Waals surface area contributed by atoms with Crippen LogP contribution >= 0.6 is 23.2 Å². The maximum Gasteiger partial charge on any atom is 0.338 e. The van der Waals surface area contributed by atoms with E-state index in [9.17, 15) is 9.59 Å². The van der Waals surface area contributed by atoms with Crippen LogP contribution < -0.4 is 5.32 Å². The number of fused-ring (bicyclic) bond motifs is 1. The minimum absolute atomic E-state index is 0.253. The first-order chi connectivity index (χ1) is 12.9. The van der Waals surface area contributed by atoms with Crippen molar-refractivity contribution in [1.29, 1.82) is 0 Å². The average Bonchev–Trinajstić information content (AvgIpc) is 2.66. The molecule has 0 radical (unpaired) electrons. The molecule has 3 aromatic rings. The van der Waals surface area contributed by atoms with Crippen molar-refractivity contribution in [3.05, 3.63) is 75.9 Å². The van der Waals surface area contributed by atoms with E-state index in [0.29, 0.717) is 21.3 Å². The maximum absolute atomic E-state index is 12.3. The summed E-state index contributed by atoms with van der Waals surface area (Å²) in [7, 11) is 0. The Balaban J connectivity index is 1.62. The SMILES string of the molecule is CC(OC(=O)c1ccc2nc(Cl)ccc2c1)C(=O)NCc1ccccc1Cl. The first kappa shape index (κ1) is 19.1. The number of esters is 1. The number of pyridine rings is 1. The van der Waals surface area contributed by atoms with Gasteiger partial charge >= 0.3 is 5.97 Å². The van der Waals surface area contributed by atoms with Gasteiger partial charge in [-0.1, -0.05) is 41.4 Å². The van der Waals surface area contributed by atoms with Gasteiger partial charge in [-0.05, 0) is 48.9 Å². The molecule has 27 heavy (non-hydrogen) atoms. The average molecular weight is 403 g/mol. The molecule has 0 aliphatic rings. The summed E-state index contributed by atoms with van der Waals surface area (Å²) in [5.74, 6) is -0.996. The van der Waals surface area contributed by atoms with E-state index in [4.69, 9.17) is 27.9 Å². The number of amides is 1. The van der Waals surface area contributed by atoms with E-state index in [-0.39, 0.29) is 6.54 Å². The van der Waals surface area contributed by atoms with Crippen LogP contribution in [0.15, 0.2) is 54.6 Å². The summed E-state index contributed by atoms with van der Waals surface area (Å²) >= 11 is 11.9. The minimum Gasteiger partial charge on any atom is -0.449 e. The molecule has 1 atom stereocenters. The van der Waals surface area contributed by atoms with Crippen LogP contribution in [0.2, 0.25) is 10.2 Å². The Hall–Kier alpha value is -2.63. The Kier molecular flexibility index (Phi) is 5.94. The summed E-state index contributed by atoms with van der Waals surface area (Å²) < 4.78 is 5.26. The number of hydrogen-bond acceptors (Lipinski definition) is 4. The normalized spacial score (nSPS) is 11.8. The van der Waals surface area contributed by atoms with Crippen molar-refractivity contribution in [3.63, 3.8) is 0 Å². The van der Waals surface area contributed by atoms with Crippen molar-refractivity contribution in [2.24, 2.45) is 0 Å². The van der Waals surface area contributed by atoms with Crippen LogP contribution in [0, 0.1) is 0 Å². The lowest BCUT2D eigenvalue weighted by Gasteiger charge is -2.14. The predicted molar refractivity (Wildman–Crippen MR) is 105 cm³/mol. The van der Waals surface area contributed by atoms with Gasteiger partial charge in [0, 0.05) is 17.0 Å². The van der Waals surface area contributed by atoms with Crippen LogP contribution in [0.5, 0.6) is 0 Å². The van der Waals surface area contributed by atoms with E-state index < -0.39 is 18.0 Å². The molecular formula is C20H16Cl2N2O3. The van der Waals surface area contributed by atoms with Crippen molar-refractivity contribution < 1.29 is 14.3 Å². The number of rotatable bonds is 5. The quantitative estimate of drug-likeness (QED) is 0.507. The van der Waals surface area contributed by atoms with Crippen molar-refractivity contribution in [2.75, 3.05) is 0 Å². The molecule has 3 rings (SSSR count). The summed E-state index contributed by atoms with van der Waals surface area (Å²) in [5, 5.41) is 4.40. The van der Waals surface area contributed by atoms with E-state index in [1.54, 1.807) is 36.4 Å². The molecule has 0 saturated carbocycles. The number of carbonyl (C=O) groups excluding carboxylic acids is 2. The maximum atomic E-state index is 12.3. The molecule has 0 bridgehead atoms. The van der Waals surface area contributed by atoms with Gasteiger partial charge < -0.3 is 10.1 Å². The third-order valence-electron chi connectivity index (χ3n) is 3.95. The third-order valence-corrected chi connectivity index (χ3v) is 4.53. The molecule has 2 aromatic carbocycles. The van der Waals surface area contributed by atoms with Crippen LogP contribution in [0.3, 0.4) is 0 Å². The highest BCUT2D eigenvalue weighted by Gasteiger charge is 2.19. The summed E-state index contributed by atoms with van der Waals surface area (Å²) in [6, 6.07) is 15.5. The number of aromatic nitrogens is 1. The monoisotopic (exact) mass is 402 g/mol. The Morgan fingerprint density at radius 3 is 2.67 bits per heavy atom. The summed E-state index contributed by atoms with van der Waals surface area (Å²) in [6.07, 6.45) is -0.945. The molecule has 5 nitrogen and oxygen atoms in total. The molecule has 1 aromatic heterocycles. The van der Waals surface area contributed by atoms with Gasteiger partial charge in [0.05, 0.1) is 11.1 Å². The molecule has 0 aliphatic carbocycles. The fraction of sp³-hybridized carbons (Fsp3) is 0.150. The van der Waals surface area contributed by atoms with E-state index in [2.05, 4.69) is 10.3 Å². The predicted octanol–water partition coefficient (Wildman–Crippen LogP) is 4.40. The van der Waals surface area contributed by atoms with Gasteiger partial charge in [-0.2, -0.15) is 0 Å². The second-order valence-corrected chi connectivity index (χ2v) is 6.69. The molecule has 0 saturated heterocycles. The number of nitrogens with zero attached hydrogens (tertiary/aromatic N) is 1. The smallest absolute Gasteiger partial charge is 0.338 e. The first-order valence-corrected chi connectivity index (χ1v) is 8.98. The highest BCUT2D eigenvalue weighted by molar-refractivity contribution is 6.31. The zero-order valence-electron chi connectivity index (χ0n) is 14.4. The molecule has 1 N–H and O–H groups in total. The van der Waals surface area contributed by atoms with Crippen LogP contribution in [-0.2, 0) is 16.1 Å². The van der Waals surface area contributed by atoms with Gasteiger partial charge in [0.1, 0.15) is 5.15 Å². The number of carbonyl (C=O) groups is 2. The van der Waals surface area contributed by atoms with Gasteiger partial charge in [-0.25, -0.2) is 9.78 Å². The van der Waals surface area contributed by atoms with Gasteiger partial charge in [-0.15, -0.1) is 0 Å². The number of ether oxygens (including phenoxy) is 1. The van der Waals surface area contributed by atoms with E-state index in [1.165, 1.54) is 6.92 Å². The molecule has 1 amide bonds. The van der Waals surface area contributed by atoms with Crippen LogP contribution in [-0.4, -0.2) is 23.0 Å². The van der Waals surface area contributed by atoms with E-state index in [1.807, 2.05) is 18.2 Å². The molecule has 0 aliphatic heterocycles. The molecule has 0 spiro atoms. The fourth-order valence-electron chi connectivity index (χ4n) is 2.48. The zero-order chi connectivity index (χ0) is 19.4. The van der Waals surface area contributed by atoms with Crippen LogP contribution in [0.1, 0.15) is 22.8 Å². The van der Waals surface area contributed by atoms with E-state index in [0.717, 1.165) is 10.9 Å². The highest BCUT2D eigenvalue weighted by atomic mass is 35.5. The fourth-order valence-corrected chi connectivity index (χ4v) is 2.83. The first-order valence-electron chi connectivity index (χ1n) is 8.22. The lowest BCUT2D eigenvalue weighted by Crippen LogP contribution is -2.35. The van der Waals surface area contributed by atoms with Crippen molar-refractivity contribution in [1.82, 2.24) is 10.3 Å². The second-order valence-electron chi connectivity index (χ2n) is 5.90. The van der Waals surface area contributed by atoms with Crippen molar-refractivity contribution in [2.45, 2.75) is 19.6 Å². The summed E-state index contributed by atoms with van der Waals surface area (Å²) in [4.78, 5) is 28.7. The second kappa shape index (κ2) is 8.37. The topological polar surface area (TPSA) is 68.3 Å². The van der Waals surface area contributed by atoms with Crippen LogP contribution in [0.4, 0.5) is 0 Å². The number of hydrogen-bond donors (Lipinski definition) is 1. The molecule has 7 heteroatoms. The van der Waals surface area contributed by atoms with Gasteiger partial charge in [0.15, 0.2) is 6.10 Å². The van der Waals surface area contributed by atoms with Crippen LogP contribution in [0.25, 0.3) is 10.9 Å². The standard InChI is InChI=1S/C20H16Cl2N2O3/c1-12(19(25)23-11-15-4-2-3-5-16(15)21)27-20(26)14-6-8-17-13(10-14)7-9-18(22)24-17/h2-10,12H,11H2,1H3,(H,23,25). The summed E-state index contributed by atoms with van der Waals surface area (Å²) in [6.45, 7) is 1.77. The lowest BCUT2D eigenvalue weighted by atomic mass is 10.1. The number of nitrogens with one attached hydrogen (secondary N) is 1. The zero-order valence-corrected chi connectivity index (χ0v) is 15.9. The van der Waals surface area contributed by atoms with Gasteiger partial charge in [-0.3, -0.25) is 4.79 Å². The lowest BCUT2D eigenvalue weighted by molar-refractivity contribution is -0.129. The third kappa shape index (κ3) is 4.76. The van der Waals surface area contributed by atoms with Gasteiger partial charge in [0.2, 0.25) is 0 Å². The number of benzene rings is 2. The molecule has 138 valence electrons. The Bertz CT molecular complexity index is 1010. The Labute approximate surface area is 166 Å². The summed E-state index contributed by atoms with van der Waals surface area (Å²) in [5.41, 5.74) is 1.79. The highest BCUT2D eigenvalue weighted by Crippen LogP contribution is 2.18. The van der Waals surface area contributed by atoms with Gasteiger partial charge in [0.25, 0.3) is 5.91 Å². The Morgan fingerprint density at radius 2 is 1.89 bits per heavy atom. The van der Waals surface area contributed by atoms with Crippen molar-refractivity contribution in [3.8, 4) is 0 Å². The molecular weight excluding hydrogens is 387 g/mol. The molecule has 0 fully saturated rings. The Morgan fingerprint density at radius 1 is 1.11 bits per heavy atom. The minimum atomic E-state index is -0.945. The molecule has 1 unspecified atom stereocenters. The largest absolute Gasteiger partial charge is 0.449 e. The molecule has 1 heterocycles.